The molecule has 1 heterocycles. The van der Waals surface area contributed by atoms with Crippen molar-refractivity contribution < 1.29 is 0 Å². The summed E-state index contributed by atoms with van der Waals surface area (Å²) in [6.07, 6.45) is 1.63. The van der Waals surface area contributed by atoms with Crippen LogP contribution in [0.15, 0.2) is 24.4 Å². The zero-order valence-electron chi connectivity index (χ0n) is 12.4. The Labute approximate surface area is 119 Å². The van der Waals surface area contributed by atoms with Gasteiger partial charge in [-0.2, -0.15) is 10.1 Å². The van der Waals surface area contributed by atoms with E-state index in [2.05, 4.69) is 65.6 Å². The van der Waals surface area contributed by atoms with Crippen LogP contribution in [0.25, 0.3) is 0 Å². The average Bonchev–Trinajstić information content (AvgIpc) is 2.41. The molecule has 0 aliphatic rings. The van der Waals surface area contributed by atoms with Gasteiger partial charge in [0.15, 0.2) is 5.82 Å². The monoisotopic (exact) mass is 271 g/mol. The Kier molecular flexibility index (Phi) is 4.50. The van der Waals surface area contributed by atoms with Crippen LogP contribution in [0.5, 0.6) is 0 Å². The minimum Gasteiger partial charge on any atom is -0.368 e. The molecule has 1 aromatic carbocycles. The topological polar surface area (TPSA) is 62.7 Å². The maximum absolute atomic E-state index is 4.40. The normalized spacial score (nSPS) is 10.7. The first-order chi connectivity index (χ1) is 9.54. The minimum atomic E-state index is 0.502. The van der Waals surface area contributed by atoms with E-state index in [1.807, 2.05) is 6.07 Å². The van der Waals surface area contributed by atoms with Crippen LogP contribution >= 0.6 is 0 Å². The molecule has 0 aliphatic carbocycles. The molecule has 0 atom stereocenters. The molecule has 0 spiro atoms. The highest BCUT2D eigenvalue weighted by Crippen LogP contribution is 2.17. The molecule has 2 N–H and O–H groups in total. The number of nitrogens with zero attached hydrogens (tertiary/aromatic N) is 3. The highest BCUT2D eigenvalue weighted by molar-refractivity contribution is 5.56. The lowest BCUT2D eigenvalue weighted by Crippen LogP contribution is -2.10. The summed E-state index contributed by atoms with van der Waals surface area (Å²) in [6, 6.07) is 6.17. The molecule has 0 radical (unpaired) electrons. The summed E-state index contributed by atoms with van der Waals surface area (Å²) in [5.41, 5.74) is 3.47. The fourth-order valence-electron chi connectivity index (χ4n) is 1.70. The maximum Gasteiger partial charge on any atom is 0.249 e. The van der Waals surface area contributed by atoms with Crippen LogP contribution in [0.2, 0.25) is 0 Å². The third-order valence-corrected chi connectivity index (χ3v) is 3.01. The lowest BCUT2D eigenvalue weighted by atomic mass is 10.1. The van der Waals surface area contributed by atoms with Crippen molar-refractivity contribution in [3.8, 4) is 0 Å². The Morgan fingerprint density at radius 3 is 2.65 bits per heavy atom. The van der Waals surface area contributed by atoms with Gasteiger partial charge >= 0.3 is 0 Å². The molecule has 0 fully saturated rings. The summed E-state index contributed by atoms with van der Waals surface area (Å²) >= 11 is 0. The van der Waals surface area contributed by atoms with E-state index >= 15 is 0 Å². The fraction of sp³-hybridized carbons (Fsp3) is 0.400. The van der Waals surface area contributed by atoms with Crippen LogP contribution in [0.3, 0.4) is 0 Å². The van der Waals surface area contributed by atoms with Gasteiger partial charge in [0.1, 0.15) is 0 Å². The van der Waals surface area contributed by atoms with Crippen molar-refractivity contribution in [2.24, 2.45) is 5.92 Å². The summed E-state index contributed by atoms with van der Waals surface area (Å²) in [5, 5.41) is 14.4. The van der Waals surface area contributed by atoms with Crippen molar-refractivity contribution in [3.63, 3.8) is 0 Å². The fourth-order valence-corrected chi connectivity index (χ4v) is 1.70. The molecule has 106 valence electrons. The zero-order chi connectivity index (χ0) is 14.5. The average molecular weight is 271 g/mol. The van der Waals surface area contributed by atoms with Crippen molar-refractivity contribution >= 4 is 17.5 Å². The standard InChI is InChI=1S/C15H21N5/c1-10(2)8-16-14-9-17-20-15(19-14)18-13-6-5-11(3)12(4)7-13/h5-7,9-10H,8H2,1-4H3,(H2,16,18,19,20). The zero-order valence-corrected chi connectivity index (χ0v) is 12.4. The van der Waals surface area contributed by atoms with Crippen LogP contribution in [-0.4, -0.2) is 21.7 Å². The van der Waals surface area contributed by atoms with E-state index in [1.165, 1.54) is 11.1 Å². The summed E-state index contributed by atoms with van der Waals surface area (Å²) in [5.74, 6) is 1.79. The maximum atomic E-state index is 4.40. The molecular formula is C15H21N5. The van der Waals surface area contributed by atoms with Crippen LogP contribution < -0.4 is 10.6 Å². The molecule has 0 bridgehead atoms. The van der Waals surface area contributed by atoms with Crippen LogP contribution in [0.1, 0.15) is 25.0 Å². The molecule has 2 aromatic rings. The van der Waals surface area contributed by atoms with Gasteiger partial charge in [0.25, 0.3) is 0 Å². The van der Waals surface area contributed by atoms with Crippen molar-refractivity contribution in [3.05, 3.63) is 35.5 Å². The second-order valence-electron chi connectivity index (χ2n) is 5.36. The SMILES string of the molecule is Cc1ccc(Nc2nncc(NCC(C)C)n2)cc1C. The third kappa shape index (κ3) is 3.91. The van der Waals surface area contributed by atoms with Gasteiger partial charge in [0.2, 0.25) is 5.95 Å². The number of aromatic nitrogens is 3. The molecule has 1 aromatic heterocycles. The smallest absolute Gasteiger partial charge is 0.249 e. The summed E-state index contributed by atoms with van der Waals surface area (Å²) < 4.78 is 0. The highest BCUT2D eigenvalue weighted by Gasteiger charge is 2.03. The highest BCUT2D eigenvalue weighted by atomic mass is 15.3. The Morgan fingerprint density at radius 1 is 1.15 bits per heavy atom. The Bertz CT molecular complexity index is 580. The van der Waals surface area contributed by atoms with Crippen LogP contribution in [0.4, 0.5) is 17.5 Å². The molecule has 5 nitrogen and oxygen atoms in total. The number of nitrogens with one attached hydrogen (secondary N) is 2. The van der Waals surface area contributed by atoms with Crippen molar-refractivity contribution in [2.75, 3.05) is 17.2 Å². The number of hydrogen-bond donors (Lipinski definition) is 2. The summed E-state index contributed by atoms with van der Waals surface area (Å²) in [4.78, 5) is 4.40. The lowest BCUT2D eigenvalue weighted by Gasteiger charge is -2.10. The molecule has 0 unspecified atom stereocenters. The number of anilines is 3. The first-order valence-electron chi connectivity index (χ1n) is 6.82. The van der Waals surface area contributed by atoms with Gasteiger partial charge in [-0.1, -0.05) is 19.9 Å². The van der Waals surface area contributed by atoms with Crippen molar-refractivity contribution in [1.29, 1.82) is 0 Å². The molecule has 0 saturated heterocycles. The van der Waals surface area contributed by atoms with Gasteiger partial charge < -0.3 is 10.6 Å². The summed E-state index contributed by atoms with van der Waals surface area (Å²) in [6.45, 7) is 9.33. The van der Waals surface area contributed by atoms with Gasteiger partial charge in [-0.25, -0.2) is 0 Å². The Morgan fingerprint density at radius 2 is 1.95 bits per heavy atom. The van der Waals surface area contributed by atoms with E-state index < -0.39 is 0 Å². The van der Waals surface area contributed by atoms with Crippen LogP contribution in [-0.2, 0) is 0 Å². The van der Waals surface area contributed by atoms with E-state index in [-0.39, 0.29) is 0 Å². The third-order valence-electron chi connectivity index (χ3n) is 3.01. The van der Waals surface area contributed by atoms with E-state index in [4.69, 9.17) is 0 Å². The van der Waals surface area contributed by atoms with E-state index in [0.29, 0.717) is 11.9 Å². The Balaban J connectivity index is 2.08. The van der Waals surface area contributed by atoms with Gasteiger partial charge in [-0.3, -0.25) is 0 Å². The van der Waals surface area contributed by atoms with E-state index in [9.17, 15) is 0 Å². The quantitative estimate of drug-likeness (QED) is 0.873. The number of rotatable bonds is 5. The molecule has 0 aliphatic heterocycles. The summed E-state index contributed by atoms with van der Waals surface area (Å²) in [7, 11) is 0. The molecule has 5 heteroatoms. The van der Waals surface area contributed by atoms with Gasteiger partial charge in [0, 0.05) is 12.2 Å². The first kappa shape index (κ1) is 14.2. The van der Waals surface area contributed by atoms with Crippen molar-refractivity contribution in [2.45, 2.75) is 27.7 Å². The molecular weight excluding hydrogens is 250 g/mol. The predicted molar refractivity (Wildman–Crippen MR) is 82.4 cm³/mol. The van der Waals surface area contributed by atoms with Gasteiger partial charge in [-0.15, -0.1) is 5.10 Å². The number of benzene rings is 1. The van der Waals surface area contributed by atoms with E-state index in [1.54, 1.807) is 6.20 Å². The number of aryl methyl sites for hydroxylation is 2. The first-order valence-corrected chi connectivity index (χ1v) is 6.82. The predicted octanol–water partition coefficient (Wildman–Crippen LogP) is 3.30. The molecule has 20 heavy (non-hydrogen) atoms. The number of hydrogen-bond acceptors (Lipinski definition) is 5. The lowest BCUT2D eigenvalue weighted by molar-refractivity contribution is 0.686. The molecule has 2 rings (SSSR count). The van der Waals surface area contributed by atoms with Gasteiger partial charge in [-0.05, 0) is 43.0 Å². The second kappa shape index (κ2) is 6.32. The van der Waals surface area contributed by atoms with Gasteiger partial charge in [0.05, 0.1) is 6.20 Å². The Hall–Kier alpha value is -2.17. The minimum absolute atomic E-state index is 0.502. The second-order valence-corrected chi connectivity index (χ2v) is 5.36. The van der Waals surface area contributed by atoms with E-state index in [0.717, 1.165) is 18.1 Å². The van der Waals surface area contributed by atoms with Crippen LogP contribution in [0, 0.1) is 19.8 Å². The largest absolute Gasteiger partial charge is 0.368 e. The molecule has 0 saturated carbocycles. The molecule has 0 amide bonds. The van der Waals surface area contributed by atoms with Crippen molar-refractivity contribution in [1.82, 2.24) is 15.2 Å².